The second-order valence-corrected chi connectivity index (χ2v) is 4.05. The average molecular weight is 227 g/mol. The summed E-state index contributed by atoms with van der Waals surface area (Å²) >= 11 is 5.68. The van der Waals surface area contributed by atoms with Gasteiger partial charge in [0.25, 0.3) is 0 Å². The average Bonchev–Trinajstić information content (AvgIpc) is 2.17. The van der Waals surface area contributed by atoms with E-state index in [9.17, 15) is 4.39 Å². The Morgan fingerprint density at radius 1 is 1.47 bits per heavy atom. The van der Waals surface area contributed by atoms with Gasteiger partial charge in [0.2, 0.25) is 0 Å². The van der Waals surface area contributed by atoms with Crippen molar-refractivity contribution in [3.05, 3.63) is 40.7 Å². The molecule has 0 aromatic heterocycles. The summed E-state index contributed by atoms with van der Waals surface area (Å²) in [4.78, 5) is 0. The highest BCUT2D eigenvalue weighted by molar-refractivity contribution is 6.30. The van der Waals surface area contributed by atoms with Gasteiger partial charge in [0.1, 0.15) is 5.82 Å². The van der Waals surface area contributed by atoms with Crippen LogP contribution >= 0.6 is 11.6 Å². The Kier molecular flexibility index (Phi) is 3.05. The first kappa shape index (κ1) is 10.6. The first-order valence-electron chi connectivity index (χ1n) is 4.79. The van der Waals surface area contributed by atoms with Gasteiger partial charge in [-0.2, -0.15) is 0 Å². The Morgan fingerprint density at radius 2 is 2.27 bits per heavy atom. The molecule has 1 atom stereocenters. The van der Waals surface area contributed by atoms with E-state index >= 15 is 0 Å². The molecular weight excluding hydrogens is 215 g/mol. The molecule has 0 saturated heterocycles. The zero-order valence-corrected chi connectivity index (χ0v) is 8.89. The molecule has 1 aromatic rings. The molecule has 15 heavy (non-hydrogen) atoms. The van der Waals surface area contributed by atoms with Gasteiger partial charge >= 0.3 is 0 Å². The first-order valence-corrected chi connectivity index (χ1v) is 5.17. The molecule has 2 nitrogen and oxygen atoms in total. The van der Waals surface area contributed by atoms with E-state index in [1.807, 2.05) is 6.08 Å². The Morgan fingerprint density at radius 3 is 2.93 bits per heavy atom. The van der Waals surface area contributed by atoms with E-state index in [1.165, 1.54) is 6.07 Å². The van der Waals surface area contributed by atoms with Crippen LogP contribution in [0.3, 0.4) is 0 Å². The van der Waals surface area contributed by atoms with Crippen molar-refractivity contribution in [2.75, 3.05) is 13.1 Å². The number of hydrogen-bond donors (Lipinski definition) is 2. The highest BCUT2D eigenvalue weighted by Gasteiger charge is 2.13. The number of halogens is 2. The fourth-order valence-corrected chi connectivity index (χ4v) is 1.84. The Hall–Kier alpha value is -0.900. The van der Waals surface area contributed by atoms with Crippen LogP contribution in [-0.4, -0.2) is 19.1 Å². The maximum absolute atomic E-state index is 13.6. The topological polar surface area (TPSA) is 38.0 Å². The van der Waals surface area contributed by atoms with E-state index in [2.05, 4.69) is 5.32 Å². The predicted octanol–water partition coefficient (Wildman–Crippen LogP) is 1.79. The fraction of sp³-hybridized carbons (Fsp3) is 0.273. The van der Waals surface area contributed by atoms with Crippen molar-refractivity contribution in [3.8, 4) is 0 Å². The molecule has 3 N–H and O–H groups in total. The molecule has 0 fully saturated rings. The van der Waals surface area contributed by atoms with Gasteiger partial charge in [0, 0.05) is 29.7 Å². The smallest absolute Gasteiger partial charge is 0.132 e. The largest absolute Gasteiger partial charge is 0.323 e. The lowest BCUT2D eigenvalue weighted by Crippen LogP contribution is -2.37. The minimum Gasteiger partial charge on any atom is -0.323 e. The summed E-state index contributed by atoms with van der Waals surface area (Å²) in [6.07, 6.45) is 1.89. The highest BCUT2D eigenvalue weighted by atomic mass is 35.5. The van der Waals surface area contributed by atoms with Crippen molar-refractivity contribution in [1.82, 2.24) is 5.32 Å². The van der Waals surface area contributed by atoms with E-state index in [1.54, 1.807) is 12.1 Å². The summed E-state index contributed by atoms with van der Waals surface area (Å²) in [5.41, 5.74) is 7.22. The van der Waals surface area contributed by atoms with E-state index < -0.39 is 0 Å². The molecule has 1 heterocycles. The summed E-state index contributed by atoms with van der Waals surface area (Å²) in [5, 5.41) is 3.54. The van der Waals surface area contributed by atoms with Crippen molar-refractivity contribution in [2.24, 2.45) is 5.73 Å². The molecule has 80 valence electrons. The maximum atomic E-state index is 13.6. The monoisotopic (exact) mass is 226 g/mol. The van der Waals surface area contributed by atoms with Gasteiger partial charge in [-0.25, -0.2) is 4.39 Å². The lowest BCUT2D eigenvalue weighted by Gasteiger charge is -2.19. The molecule has 1 aliphatic rings. The van der Waals surface area contributed by atoms with Crippen molar-refractivity contribution >= 4 is 17.2 Å². The molecule has 0 radical (unpaired) electrons. The van der Waals surface area contributed by atoms with Crippen LogP contribution in [0.5, 0.6) is 0 Å². The minimum atomic E-state index is -0.301. The molecule has 0 saturated carbocycles. The molecule has 0 bridgehead atoms. The third-order valence-electron chi connectivity index (χ3n) is 2.39. The third kappa shape index (κ3) is 2.37. The van der Waals surface area contributed by atoms with Crippen molar-refractivity contribution < 1.29 is 4.39 Å². The zero-order valence-electron chi connectivity index (χ0n) is 8.13. The molecule has 1 aliphatic heterocycles. The second-order valence-electron chi connectivity index (χ2n) is 3.61. The standard InChI is InChI=1S/C11H12ClFN2/c12-8-1-2-10(11(13)4-8)7-3-9(14)6-15-5-7/h1-4,9,15H,5-6,14H2. The van der Waals surface area contributed by atoms with Gasteiger partial charge < -0.3 is 11.1 Å². The fourth-order valence-electron chi connectivity index (χ4n) is 1.68. The van der Waals surface area contributed by atoms with Crippen molar-refractivity contribution in [1.29, 1.82) is 0 Å². The quantitative estimate of drug-likeness (QED) is 0.766. The number of hydrogen-bond acceptors (Lipinski definition) is 2. The van der Waals surface area contributed by atoms with Gasteiger partial charge in [-0.15, -0.1) is 0 Å². The number of rotatable bonds is 1. The minimum absolute atomic E-state index is 0.0520. The van der Waals surface area contributed by atoms with Crippen LogP contribution in [0.15, 0.2) is 24.3 Å². The van der Waals surface area contributed by atoms with Gasteiger partial charge in [0.15, 0.2) is 0 Å². The molecule has 1 aromatic carbocycles. The third-order valence-corrected chi connectivity index (χ3v) is 2.62. The number of benzene rings is 1. The van der Waals surface area contributed by atoms with Crippen LogP contribution in [0.1, 0.15) is 5.56 Å². The summed E-state index contributed by atoms with van der Waals surface area (Å²) in [7, 11) is 0. The van der Waals surface area contributed by atoms with E-state index in [-0.39, 0.29) is 11.9 Å². The van der Waals surface area contributed by atoms with Crippen LogP contribution in [0, 0.1) is 5.82 Å². The Labute approximate surface area is 92.9 Å². The van der Waals surface area contributed by atoms with E-state index in [0.717, 1.165) is 12.1 Å². The van der Waals surface area contributed by atoms with E-state index in [0.29, 0.717) is 17.1 Å². The van der Waals surface area contributed by atoms with Crippen LogP contribution < -0.4 is 11.1 Å². The Bertz CT molecular complexity index is 404. The Balaban J connectivity index is 2.37. The molecular formula is C11H12ClFN2. The predicted molar refractivity (Wildman–Crippen MR) is 60.2 cm³/mol. The van der Waals surface area contributed by atoms with Crippen LogP contribution in [-0.2, 0) is 0 Å². The van der Waals surface area contributed by atoms with Crippen LogP contribution in [0.4, 0.5) is 4.39 Å². The second kappa shape index (κ2) is 4.31. The van der Waals surface area contributed by atoms with Gasteiger partial charge in [-0.3, -0.25) is 0 Å². The molecule has 1 unspecified atom stereocenters. The molecule has 0 amide bonds. The summed E-state index contributed by atoms with van der Waals surface area (Å²) < 4.78 is 13.6. The molecule has 2 rings (SSSR count). The lowest BCUT2D eigenvalue weighted by molar-refractivity contribution is 0.617. The summed E-state index contributed by atoms with van der Waals surface area (Å²) in [5.74, 6) is -0.301. The van der Waals surface area contributed by atoms with Crippen LogP contribution in [0.2, 0.25) is 5.02 Å². The maximum Gasteiger partial charge on any atom is 0.132 e. The highest BCUT2D eigenvalue weighted by Crippen LogP contribution is 2.22. The van der Waals surface area contributed by atoms with Crippen LogP contribution in [0.25, 0.3) is 5.57 Å². The van der Waals surface area contributed by atoms with Gasteiger partial charge in [-0.1, -0.05) is 23.7 Å². The lowest BCUT2D eigenvalue weighted by atomic mass is 10.00. The van der Waals surface area contributed by atoms with Gasteiger partial charge in [-0.05, 0) is 17.7 Å². The zero-order chi connectivity index (χ0) is 10.8. The first-order chi connectivity index (χ1) is 7.16. The molecule has 0 aliphatic carbocycles. The number of nitrogens with two attached hydrogens (primary N) is 1. The molecule has 4 heteroatoms. The summed E-state index contributed by atoms with van der Waals surface area (Å²) in [6, 6.07) is 4.63. The molecule has 0 spiro atoms. The SMILES string of the molecule is NC1C=C(c2ccc(Cl)cc2F)CNC1. The normalized spacial score (nSPS) is 21.3. The van der Waals surface area contributed by atoms with Crippen molar-refractivity contribution in [2.45, 2.75) is 6.04 Å². The van der Waals surface area contributed by atoms with Gasteiger partial charge in [0.05, 0.1) is 0 Å². The summed E-state index contributed by atoms with van der Waals surface area (Å²) in [6.45, 7) is 1.38. The number of nitrogens with one attached hydrogen (secondary N) is 1. The van der Waals surface area contributed by atoms with Crippen molar-refractivity contribution in [3.63, 3.8) is 0 Å². The van der Waals surface area contributed by atoms with E-state index in [4.69, 9.17) is 17.3 Å².